The van der Waals surface area contributed by atoms with Gasteiger partial charge in [0.2, 0.25) is 0 Å². The van der Waals surface area contributed by atoms with Gasteiger partial charge in [-0.25, -0.2) is 0 Å². The molecule has 1 aliphatic rings. The molecule has 1 unspecified atom stereocenters. The number of hydrogen-bond donors (Lipinski definition) is 1. The van der Waals surface area contributed by atoms with Crippen LogP contribution >= 0.6 is 11.6 Å². The second kappa shape index (κ2) is 6.60. The number of likely N-dealkylation sites (N-methyl/N-ethyl adjacent to an activating group) is 1. The number of rotatable bonds is 4. The van der Waals surface area contributed by atoms with Crippen LogP contribution in [0.1, 0.15) is 19.4 Å². The van der Waals surface area contributed by atoms with E-state index >= 15 is 0 Å². The van der Waals surface area contributed by atoms with Gasteiger partial charge in [-0.1, -0.05) is 18.5 Å². The van der Waals surface area contributed by atoms with Crippen molar-refractivity contribution in [2.75, 3.05) is 38.1 Å². The number of hydrogen-bond acceptors (Lipinski definition) is 3. The van der Waals surface area contributed by atoms with Gasteiger partial charge in [-0.2, -0.15) is 0 Å². The van der Waals surface area contributed by atoms with Crippen molar-refractivity contribution in [3.05, 3.63) is 28.8 Å². The summed E-state index contributed by atoms with van der Waals surface area (Å²) in [5, 5.41) is 4.04. The predicted octanol–water partition coefficient (Wildman–Crippen LogP) is 2.59. The van der Waals surface area contributed by atoms with Gasteiger partial charge < -0.3 is 10.2 Å². The average Bonchev–Trinajstić information content (AvgIpc) is 2.39. The highest BCUT2D eigenvalue weighted by atomic mass is 35.5. The van der Waals surface area contributed by atoms with Crippen LogP contribution in [-0.2, 0) is 6.54 Å². The van der Waals surface area contributed by atoms with Gasteiger partial charge in [-0.15, -0.1) is 0 Å². The Balaban J connectivity index is 2.18. The molecule has 1 N–H and O–H groups in total. The summed E-state index contributed by atoms with van der Waals surface area (Å²) in [6, 6.07) is 6.83. The number of nitrogens with zero attached hydrogens (tertiary/aromatic N) is 2. The van der Waals surface area contributed by atoms with Crippen molar-refractivity contribution in [2.45, 2.75) is 26.4 Å². The van der Waals surface area contributed by atoms with E-state index < -0.39 is 0 Å². The van der Waals surface area contributed by atoms with Gasteiger partial charge in [0.1, 0.15) is 0 Å². The first-order valence-electron chi connectivity index (χ1n) is 7.07. The molecule has 1 aromatic carbocycles. The molecule has 1 fully saturated rings. The third-order valence-electron chi connectivity index (χ3n) is 3.92. The van der Waals surface area contributed by atoms with E-state index in [1.165, 1.54) is 11.3 Å². The van der Waals surface area contributed by atoms with Crippen LogP contribution in [-0.4, -0.2) is 44.2 Å². The molecule has 106 valence electrons. The minimum absolute atomic E-state index is 0.608. The van der Waals surface area contributed by atoms with E-state index in [2.05, 4.69) is 41.1 Å². The molecule has 1 heterocycles. The standard InChI is InChI=1S/C15H24ClN3/c1-4-18-7-8-19(11-12(18)2)15-6-5-14(16)9-13(15)10-17-3/h5-6,9,12,17H,4,7-8,10-11H2,1-3H3. The molecule has 0 aromatic heterocycles. The maximum Gasteiger partial charge on any atom is 0.0413 e. The van der Waals surface area contributed by atoms with Gasteiger partial charge >= 0.3 is 0 Å². The predicted molar refractivity (Wildman–Crippen MR) is 83.1 cm³/mol. The fourth-order valence-corrected chi connectivity index (χ4v) is 3.07. The summed E-state index contributed by atoms with van der Waals surface area (Å²) in [6.07, 6.45) is 0. The molecule has 1 atom stereocenters. The van der Waals surface area contributed by atoms with Gasteiger partial charge in [0, 0.05) is 42.9 Å². The van der Waals surface area contributed by atoms with E-state index in [1.54, 1.807) is 0 Å². The normalized spacial score (nSPS) is 20.8. The molecule has 1 saturated heterocycles. The second-order valence-electron chi connectivity index (χ2n) is 5.23. The summed E-state index contributed by atoms with van der Waals surface area (Å²) in [6.45, 7) is 9.86. The summed E-state index contributed by atoms with van der Waals surface area (Å²) >= 11 is 6.11. The topological polar surface area (TPSA) is 18.5 Å². The van der Waals surface area contributed by atoms with Gasteiger partial charge in [-0.05, 0) is 44.3 Å². The molecule has 0 radical (unpaired) electrons. The average molecular weight is 282 g/mol. The molecular formula is C15H24ClN3. The largest absolute Gasteiger partial charge is 0.368 e. The van der Waals surface area contributed by atoms with E-state index in [0.717, 1.165) is 37.7 Å². The summed E-state index contributed by atoms with van der Waals surface area (Å²) in [5.74, 6) is 0. The van der Waals surface area contributed by atoms with E-state index in [1.807, 2.05) is 13.1 Å². The Kier molecular flexibility index (Phi) is 5.08. The number of nitrogens with one attached hydrogen (secondary N) is 1. The zero-order valence-electron chi connectivity index (χ0n) is 12.1. The molecular weight excluding hydrogens is 258 g/mol. The molecule has 4 heteroatoms. The zero-order chi connectivity index (χ0) is 13.8. The van der Waals surface area contributed by atoms with Crippen molar-refractivity contribution in [1.29, 1.82) is 0 Å². The third-order valence-corrected chi connectivity index (χ3v) is 4.16. The first kappa shape index (κ1) is 14.6. The maximum atomic E-state index is 6.11. The van der Waals surface area contributed by atoms with Crippen LogP contribution in [0.15, 0.2) is 18.2 Å². The van der Waals surface area contributed by atoms with Crippen LogP contribution in [0.5, 0.6) is 0 Å². The second-order valence-corrected chi connectivity index (χ2v) is 5.66. The first-order chi connectivity index (χ1) is 9.15. The van der Waals surface area contributed by atoms with Gasteiger partial charge in [-0.3, -0.25) is 4.90 Å². The number of piperazine rings is 1. The fourth-order valence-electron chi connectivity index (χ4n) is 2.88. The van der Waals surface area contributed by atoms with Crippen molar-refractivity contribution in [2.24, 2.45) is 0 Å². The number of benzene rings is 1. The fraction of sp³-hybridized carbons (Fsp3) is 0.600. The minimum atomic E-state index is 0.608. The molecule has 0 saturated carbocycles. The Labute approximate surface area is 121 Å². The lowest BCUT2D eigenvalue weighted by Gasteiger charge is -2.41. The van der Waals surface area contributed by atoms with Gasteiger partial charge in [0.15, 0.2) is 0 Å². The van der Waals surface area contributed by atoms with Crippen LogP contribution in [0.4, 0.5) is 5.69 Å². The highest BCUT2D eigenvalue weighted by molar-refractivity contribution is 6.30. The SMILES string of the molecule is CCN1CCN(c2ccc(Cl)cc2CNC)CC1C. The minimum Gasteiger partial charge on any atom is -0.368 e. The monoisotopic (exact) mass is 281 g/mol. The quantitative estimate of drug-likeness (QED) is 0.915. The van der Waals surface area contributed by atoms with Crippen molar-refractivity contribution in [1.82, 2.24) is 10.2 Å². The van der Waals surface area contributed by atoms with Crippen molar-refractivity contribution >= 4 is 17.3 Å². The summed E-state index contributed by atoms with van der Waals surface area (Å²) in [7, 11) is 1.97. The van der Waals surface area contributed by atoms with Crippen molar-refractivity contribution in [3.63, 3.8) is 0 Å². The van der Waals surface area contributed by atoms with Crippen LogP contribution < -0.4 is 10.2 Å². The van der Waals surface area contributed by atoms with E-state index in [0.29, 0.717) is 6.04 Å². The Morgan fingerprint density at radius 1 is 1.37 bits per heavy atom. The lowest BCUT2D eigenvalue weighted by molar-refractivity contribution is 0.199. The lowest BCUT2D eigenvalue weighted by Crippen LogP contribution is -2.52. The Bertz CT molecular complexity index is 422. The highest BCUT2D eigenvalue weighted by Crippen LogP contribution is 2.26. The molecule has 19 heavy (non-hydrogen) atoms. The highest BCUT2D eigenvalue weighted by Gasteiger charge is 2.23. The van der Waals surface area contributed by atoms with Crippen molar-refractivity contribution in [3.8, 4) is 0 Å². The smallest absolute Gasteiger partial charge is 0.0413 e. The molecule has 1 aliphatic heterocycles. The molecule has 0 bridgehead atoms. The summed E-state index contributed by atoms with van der Waals surface area (Å²) in [5.41, 5.74) is 2.61. The third kappa shape index (κ3) is 3.41. The Morgan fingerprint density at radius 3 is 2.79 bits per heavy atom. The molecule has 0 spiro atoms. The van der Waals surface area contributed by atoms with Crippen LogP contribution in [0, 0.1) is 0 Å². The Morgan fingerprint density at radius 2 is 2.16 bits per heavy atom. The summed E-state index contributed by atoms with van der Waals surface area (Å²) < 4.78 is 0. The van der Waals surface area contributed by atoms with Gasteiger partial charge in [0.25, 0.3) is 0 Å². The van der Waals surface area contributed by atoms with E-state index in [-0.39, 0.29) is 0 Å². The maximum absolute atomic E-state index is 6.11. The molecule has 3 nitrogen and oxygen atoms in total. The summed E-state index contributed by atoms with van der Waals surface area (Å²) in [4.78, 5) is 5.02. The molecule has 0 aliphatic carbocycles. The molecule has 0 amide bonds. The molecule has 2 rings (SSSR count). The van der Waals surface area contributed by atoms with Crippen molar-refractivity contribution < 1.29 is 0 Å². The first-order valence-corrected chi connectivity index (χ1v) is 7.45. The Hall–Kier alpha value is -0.770. The number of anilines is 1. The van der Waals surface area contributed by atoms with Gasteiger partial charge in [0.05, 0.1) is 0 Å². The van der Waals surface area contributed by atoms with Crippen LogP contribution in [0.25, 0.3) is 0 Å². The van der Waals surface area contributed by atoms with E-state index in [4.69, 9.17) is 11.6 Å². The number of halogens is 1. The van der Waals surface area contributed by atoms with Crippen LogP contribution in [0.3, 0.4) is 0 Å². The van der Waals surface area contributed by atoms with E-state index in [9.17, 15) is 0 Å². The van der Waals surface area contributed by atoms with Crippen LogP contribution in [0.2, 0.25) is 5.02 Å². The zero-order valence-corrected chi connectivity index (χ0v) is 12.9. The molecule has 1 aromatic rings. The lowest BCUT2D eigenvalue weighted by atomic mass is 10.1.